The van der Waals surface area contributed by atoms with Crippen LogP contribution in [-0.2, 0) is 4.74 Å². The van der Waals surface area contributed by atoms with E-state index in [1.54, 1.807) is 17.4 Å². The topological polar surface area (TPSA) is 57.0 Å². The van der Waals surface area contributed by atoms with Crippen LogP contribution in [-0.4, -0.2) is 27.6 Å². The van der Waals surface area contributed by atoms with Gasteiger partial charge in [-0.1, -0.05) is 44.9 Å². The molecule has 0 saturated heterocycles. The van der Waals surface area contributed by atoms with Crippen molar-refractivity contribution >= 4 is 27.5 Å². The number of thiazole rings is 1. The van der Waals surface area contributed by atoms with Gasteiger partial charge in [-0.3, -0.25) is 0 Å². The van der Waals surface area contributed by atoms with Gasteiger partial charge in [0.25, 0.3) is 0 Å². The zero-order valence-electron chi connectivity index (χ0n) is 17.4. The Balaban J connectivity index is 1.74. The van der Waals surface area contributed by atoms with E-state index in [9.17, 15) is 4.79 Å². The first-order valence-corrected chi connectivity index (χ1v) is 11.0. The van der Waals surface area contributed by atoms with Gasteiger partial charge in [-0.15, -0.1) is 11.3 Å². The van der Waals surface area contributed by atoms with Crippen LogP contribution in [0.5, 0.6) is 0 Å². The van der Waals surface area contributed by atoms with Gasteiger partial charge in [-0.05, 0) is 35.7 Å². The quantitative estimate of drug-likeness (QED) is 0.346. The van der Waals surface area contributed by atoms with Gasteiger partial charge < -0.3 is 9.30 Å². The third-order valence-corrected chi connectivity index (χ3v) is 6.69. The lowest BCUT2D eigenvalue weighted by molar-refractivity contribution is 0.0601. The zero-order chi connectivity index (χ0) is 21.1. The van der Waals surface area contributed by atoms with E-state index >= 15 is 0 Å². The van der Waals surface area contributed by atoms with Crippen LogP contribution in [0.3, 0.4) is 0 Å². The number of carbonyl (C=O) groups is 1. The first-order valence-electron chi connectivity index (χ1n) is 10.2. The van der Waals surface area contributed by atoms with Crippen molar-refractivity contribution in [3.63, 3.8) is 0 Å². The predicted molar refractivity (Wildman–Crippen MR) is 121 cm³/mol. The molecule has 4 aromatic rings. The molecule has 1 unspecified atom stereocenters. The van der Waals surface area contributed by atoms with Gasteiger partial charge in [0, 0.05) is 18.0 Å². The summed E-state index contributed by atoms with van der Waals surface area (Å²) < 4.78 is 8.19. The fourth-order valence-electron chi connectivity index (χ4n) is 4.00. The molecule has 6 heteroatoms. The number of hydrogen-bond acceptors (Lipinski definition) is 5. The number of ether oxygens (including phenoxy) is 1. The van der Waals surface area contributed by atoms with Crippen molar-refractivity contribution < 1.29 is 9.53 Å². The molecule has 0 fully saturated rings. The maximum absolute atomic E-state index is 11.9. The fraction of sp³-hybridized carbons (Fsp3) is 0.292. The van der Waals surface area contributed by atoms with E-state index in [0.717, 1.165) is 33.6 Å². The monoisotopic (exact) mass is 419 g/mol. The minimum absolute atomic E-state index is 0.250. The Kier molecular flexibility index (Phi) is 5.95. The maximum Gasteiger partial charge on any atom is 0.337 e. The summed E-state index contributed by atoms with van der Waals surface area (Å²) >= 11 is 1.65. The number of methoxy groups -OCH3 is 1. The Bertz CT molecular complexity index is 1150. The normalized spacial score (nSPS) is 12.4. The molecule has 2 aromatic carbocycles. The Morgan fingerprint density at radius 2 is 2.00 bits per heavy atom. The van der Waals surface area contributed by atoms with Crippen molar-refractivity contribution in [1.29, 1.82) is 0 Å². The van der Waals surface area contributed by atoms with Gasteiger partial charge >= 0.3 is 5.97 Å². The summed E-state index contributed by atoms with van der Waals surface area (Å²) in [6, 6.07) is 14.2. The molecule has 0 saturated carbocycles. The number of nitrogens with zero attached hydrogens (tertiary/aromatic N) is 3. The van der Waals surface area contributed by atoms with Crippen LogP contribution in [0.4, 0.5) is 0 Å². The first-order chi connectivity index (χ1) is 14.6. The predicted octanol–water partition coefficient (Wildman–Crippen LogP) is 5.97. The summed E-state index contributed by atoms with van der Waals surface area (Å²) in [7, 11) is 1.39. The van der Waals surface area contributed by atoms with Crippen molar-refractivity contribution in [2.75, 3.05) is 7.11 Å². The molecule has 2 heterocycles. The molecule has 0 amide bonds. The van der Waals surface area contributed by atoms with Crippen molar-refractivity contribution in [3.05, 3.63) is 72.3 Å². The summed E-state index contributed by atoms with van der Waals surface area (Å²) in [5.41, 5.74) is 3.69. The second-order valence-corrected chi connectivity index (χ2v) is 8.38. The molecule has 5 nitrogen and oxygen atoms in total. The Morgan fingerprint density at radius 3 is 2.70 bits per heavy atom. The molecule has 4 rings (SSSR count). The SMILES string of the molecule is CCC(CC)C(c1ccc2nc(-c3cccc(C(=O)OC)c3)sc2c1)n1ccnc1. The lowest BCUT2D eigenvalue weighted by Crippen LogP contribution is -2.18. The summed E-state index contributed by atoms with van der Waals surface area (Å²) in [5.74, 6) is 0.189. The van der Waals surface area contributed by atoms with Gasteiger partial charge in [0.1, 0.15) is 5.01 Å². The average molecular weight is 420 g/mol. The number of hydrogen-bond donors (Lipinski definition) is 0. The van der Waals surface area contributed by atoms with E-state index in [-0.39, 0.29) is 12.0 Å². The highest BCUT2D eigenvalue weighted by Gasteiger charge is 2.23. The Hall–Kier alpha value is -2.99. The van der Waals surface area contributed by atoms with Gasteiger partial charge in [0.15, 0.2) is 0 Å². The van der Waals surface area contributed by atoms with Crippen LogP contribution in [0.15, 0.2) is 61.2 Å². The third kappa shape index (κ3) is 3.87. The number of fused-ring (bicyclic) bond motifs is 1. The van der Waals surface area contributed by atoms with Crippen LogP contribution < -0.4 is 0 Å². The highest BCUT2D eigenvalue weighted by molar-refractivity contribution is 7.21. The molecule has 0 aliphatic rings. The Labute approximate surface area is 180 Å². The smallest absolute Gasteiger partial charge is 0.337 e. The average Bonchev–Trinajstić information content (AvgIpc) is 3.46. The number of rotatable bonds is 7. The van der Waals surface area contributed by atoms with E-state index in [1.165, 1.54) is 12.7 Å². The van der Waals surface area contributed by atoms with Crippen molar-refractivity contribution in [1.82, 2.24) is 14.5 Å². The van der Waals surface area contributed by atoms with Gasteiger partial charge in [-0.25, -0.2) is 14.8 Å². The molecule has 0 radical (unpaired) electrons. The summed E-state index contributed by atoms with van der Waals surface area (Å²) in [5, 5.41) is 0.898. The molecular weight excluding hydrogens is 394 g/mol. The molecule has 154 valence electrons. The molecule has 2 aromatic heterocycles. The molecule has 0 aliphatic heterocycles. The van der Waals surface area contributed by atoms with E-state index in [1.807, 2.05) is 36.9 Å². The van der Waals surface area contributed by atoms with Gasteiger partial charge in [0.2, 0.25) is 0 Å². The van der Waals surface area contributed by atoms with E-state index in [0.29, 0.717) is 11.5 Å². The molecule has 0 N–H and O–H groups in total. The zero-order valence-corrected chi connectivity index (χ0v) is 18.2. The minimum Gasteiger partial charge on any atom is -0.465 e. The largest absolute Gasteiger partial charge is 0.465 e. The Morgan fingerprint density at radius 1 is 1.17 bits per heavy atom. The molecular formula is C24H25N3O2S. The number of esters is 1. The first kappa shape index (κ1) is 20.3. The molecule has 30 heavy (non-hydrogen) atoms. The van der Waals surface area contributed by atoms with Crippen LogP contribution >= 0.6 is 11.3 Å². The number of benzene rings is 2. The van der Waals surface area contributed by atoms with Crippen LogP contribution in [0.1, 0.15) is 48.7 Å². The van der Waals surface area contributed by atoms with Crippen LogP contribution in [0.25, 0.3) is 20.8 Å². The van der Waals surface area contributed by atoms with Gasteiger partial charge in [0.05, 0.1) is 35.3 Å². The van der Waals surface area contributed by atoms with Crippen molar-refractivity contribution in [2.45, 2.75) is 32.7 Å². The summed E-state index contributed by atoms with van der Waals surface area (Å²) in [6.45, 7) is 4.49. The molecule has 1 atom stereocenters. The second-order valence-electron chi connectivity index (χ2n) is 7.35. The lowest BCUT2D eigenvalue weighted by Gasteiger charge is -2.27. The minimum atomic E-state index is -0.339. The highest BCUT2D eigenvalue weighted by atomic mass is 32.1. The number of carbonyl (C=O) groups excluding carboxylic acids is 1. The number of aromatic nitrogens is 3. The lowest BCUT2D eigenvalue weighted by atomic mass is 9.88. The third-order valence-electron chi connectivity index (χ3n) is 5.63. The van der Waals surface area contributed by atoms with Gasteiger partial charge in [-0.2, -0.15) is 0 Å². The van der Waals surface area contributed by atoms with Crippen molar-refractivity contribution in [3.8, 4) is 10.6 Å². The highest BCUT2D eigenvalue weighted by Crippen LogP contribution is 2.36. The molecule has 0 bridgehead atoms. The van der Waals surface area contributed by atoms with Crippen LogP contribution in [0.2, 0.25) is 0 Å². The maximum atomic E-state index is 11.9. The van der Waals surface area contributed by atoms with Crippen LogP contribution in [0, 0.1) is 5.92 Å². The summed E-state index contributed by atoms with van der Waals surface area (Å²) in [6.07, 6.45) is 8.00. The summed E-state index contributed by atoms with van der Waals surface area (Å²) in [4.78, 5) is 21.0. The second kappa shape index (κ2) is 8.79. The standard InChI is InChI=1S/C24H25N3O2S/c1-4-16(5-2)22(27-12-11-25-15-27)17-9-10-20-21(14-17)30-23(26-20)18-7-6-8-19(13-18)24(28)29-3/h6-16,22H,4-5H2,1-3H3. The molecule has 0 spiro atoms. The fourth-order valence-corrected chi connectivity index (χ4v) is 5.01. The van der Waals surface area contributed by atoms with E-state index in [4.69, 9.17) is 9.72 Å². The van der Waals surface area contributed by atoms with E-state index < -0.39 is 0 Å². The van der Waals surface area contributed by atoms with E-state index in [2.05, 4.69) is 41.6 Å². The molecule has 0 aliphatic carbocycles. The van der Waals surface area contributed by atoms with Crippen molar-refractivity contribution in [2.24, 2.45) is 5.92 Å². The number of imidazole rings is 1.